The molecule has 0 spiro atoms. The van der Waals surface area contributed by atoms with E-state index in [-0.39, 0.29) is 11.9 Å². The van der Waals surface area contributed by atoms with Crippen molar-refractivity contribution >= 4 is 17.5 Å². The lowest BCUT2D eigenvalue weighted by Crippen LogP contribution is -2.33. The third kappa shape index (κ3) is 2.87. The number of esters is 2. The first-order valence-electron chi connectivity index (χ1n) is 6.42. The monoisotopic (exact) mass is 275 g/mol. The van der Waals surface area contributed by atoms with Crippen molar-refractivity contribution in [2.45, 2.75) is 12.8 Å². The number of hydrogen-bond donors (Lipinski definition) is 0. The van der Waals surface area contributed by atoms with Gasteiger partial charge in [-0.3, -0.25) is 14.6 Å². The summed E-state index contributed by atoms with van der Waals surface area (Å²) in [7, 11) is 2.66. The summed E-state index contributed by atoms with van der Waals surface area (Å²) in [6.07, 6.45) is 6.34. The van der Waals surface area contributed by atoms with Crippen LogP contribution in [0.15, 0.2) is 30.6 Å². The second-order valence-electron chi connectivity index (χ2n) is 4.67. The molecule has 0 saturated carbocycles. The highest BCUT2D eigenvalue weighted by molar-refractivity contribution is 5.85. The van der Waals surface area contributed by atoms with Crippen LogP contribution in [0, 0.1) is 11.8 Å². The summed E-state index contributed by atoms with van der Waals surface area (Å²) in [6, 6.07) is 3.78. The number of rotatable bonds is 3. The second-order valence-corrected chi connectivity index (χ2v) is 4.67. The molecule has 5 heteroatoms. The molecule has 2 unspecified atom stereocenters. The van der Waals surface area contributed by atoms with Crippen LogP contribution in [0.3, 0.4) is 0 Å². The van der Waals surface area contributed by atoms with E-state index < -0.39 is 11.8 Å². The Labute approximate surface area is 117 Å². The summed E-state index contributed by atoms with van der Waals surface area (Å²) in [5.74, 6) is -1.74. The second kappa shape index (κ2) is 6.32. The molecule has 0 aromatic carbocycles. The summed E-state index contributed by atoms with van der Waals surface area (Å²) in [5.41, 5.74) is 1.97. The van der Waals surface area contributed by atoms with Gasteiger partial charge in [-0.15, -0.1) is 0 Å². The Morgan fingerprint density at radius 1 is 1.20 bits per heavy atom. The summed E-state index contributed by atoms with van der Waals surface area (Å²) in [6.45, 7) is 0. The Hall–Kier alpha value is -2.17. The molecule has 1 aromatic rings. The van der Waals surface area contributed by atoms with Crippen LogP contribution in [-0.4, -0.2) is 31.1 Å². The van der Waals surface area contributed by atoms with Crippen LogP contribution < -0.4 is 0 Å². The lowest BCUT2D eigenvalue weighted by Gasteiger charge is -2.27. The number of carbonyl (C=O) groups excluding carboxylic acids is 2. The van der Waals surface area contributed by atoms with Crippen molar-refractivity contribution in [2.75, 3.05) is 14.2 Å². The summed E-state index contributed by atoms with van der Waals surface area (Å²) in [5, 5.41) is 0. The molecule has 0 aliphatic heterocycles. The highest BCUT2D eigenvalue weighted by atomic mass is 16.5. The van der Waals surface area contributed by atoms with Gasteiger partial charge in [0.25, 0.3) is 0 Å². The minimum absolute atomic E-state index is 0.373. The zero-order chi connectivity index (χ0) is 14.5. The van der Waals surface area contributed by atoms with Gasteiger partial charge in [0.2, 0.25) is 0 Å². The Balaban J connectivity index is 2.27. The molecule has 0 saturated heterocycles. The fraction of sp³-hybridized carbons (Fsp3) is 0.400. The van der Waals surface area contributed by atoms with E-state index in [0.717, 1.165) is 11.1 Å². The van der Waals surface area contributed by atoms with Crippen LogP contribution in [0.1, 0.15) is 18.4 Å². The number of nitrogens with zero attached hydrogens (tertiary/aromatic N) is 1. The maximum atomic E-state index is 11.9. The molecule has 0 amide bonds. The van der Waals surface area contributed by atoms with Crippen LogP contribution in [-0.2, 0) is 19.1 Å². The Kier molecular flexibility index (Phi) is 4.50. The number of ether oxygens (including phenoxy) is 2. The highest BCUT2D eigenvalue weighted by Crippen LogP contribution is 2.35. The number of allylic oxidation sites excluding steroid dienone is 2. The van der Waals surface area contributed by atoms with Crippen molar-refractivity contribution in [3.63, 3.8) is 0 Å². The first-order chi connectivity index (χ1) is 9.67. The van der Waals surface area contributed by atoms with Gasteiger partial charge in [-0.25, -0.2) is 0 Å². The molecule has 1 aliphatic rings. The predicted octanol–water partition coefficient (Wildman–Crippen LogP) is 1.84. The third-order valence-electron chi connectivity index (χ3n) is 3.58. The van der Waals surface area contributed by atoms with Gasteiger partial charge >= 0.3 is 11.9 Å². The maximum absolute atomic E-state index is 11.9. The van der Waals surface area contributed by atoms with E-state index in [1.165, 1.54) is 14.2 Å². The van der Waals surface area contributed by atoms with E-state index >= 15 is 0 Å². The molecule has 1 heterocycles. The van der Waals surface area contributed by atoms with Crippen LogP contribution in [0.2, 0.25) is 0 Å². The average molecular weight is 275 g/mol. The molecule has 20 heavy (non-hydrogen) atoms. The Morgan fingerprint density at radius 3 is 2.50 bits per heavy atom. The number of methoxy groups -OCH3 is 2. The molecular formula is C15H17NO4. The lowest BCUT2D eigenvalue weighted by molar-refractivity contribution is -0.157. The van der Waals surface area contributed by atoms with Crippen molar-refractivity contribution in [3.8, 4) is 0 Å². The standard InChI is InChI=1S/C15H17NO4/c1-19-14(17)12-6-5-10(8-13(12)15(18)20-2)11-4-3-7-16-9-11/h3-5,7,9,12-13H,6,8H2,1-2H3. The summed E-state index contributed by atoms with van der Waals surface area (Å²) in [4.78, 5) is 27.7. The van der Waals surface area contributed by atoms with Gasteiger partial charge in [0.05, 0.1) is 26.1 Å². The van der Waals surface area contributed by atoms with Crippen molar-refractivity contribution in [1.29, 1.82) is 0 Å². The van der Waals surface area contributed by atoms with Gasteiger partial charge in [0, 0.05) is 12.4 Å². The molecule has 0 bridgehead atoms. The normalized spacial score (nSPS) is 21.8. The van der Waals surface area contributed by atoms with E-state index in [0.29, 0.717) is 12.8 Å². The van der Waals surface area contributed by atoms with Crippen LogP contribution in [0.5, 0.6) is 0 Å². The smallest absolute Gasteiger partial charge is 0.309 e. The van der Waals surface area contributed by atoms with E-state index in [1.54, 1.807) is 12.4 Å². The number of carbonyl (C=O) groups is 2. The first-order valence-corrected chi connectivity index (χ1v) is 6.42. The number of aromatic nitrogens is 1. The quantitative estimate of drug-likeness (QED) is 0.787. The third-order valence-corrected chi connectivity index (χ3v) is 3.58. The van der Waals surface area contributed by atoms with E-state index in [9.17, 15) is 9.59 Å². The topological polar surface area (TPSA) is 65.5 Å². The number of pyridine rings is 1. The van der Waals surface area contributed by atoms with E-state index in [2.05, 4.69) is 4.98 Å². The Morgan fingerprint density at radius 2 is 1.90 bits per heavy atom. The molecule has 0 N–H and O–H groups in total. The lowest BCUT2D eigenvalue weighted by atomic mass is 9.78. The van der Waals surface area contributed by atoms with Gasteiger partial charge in [-0.1, -0.05) is 12.1 Å². The molecule has 0 fully saturated rings. The molecule has 106 valence electrons. The fourth-order valence-electron chi connectivity index (χ4n) is 2.50. The van der Waals surface area contributed by atoms with Gasteiger partial charge in [-0.2, -0.15) is 0 Å². The molecule has 2 atom stereocenters. The van der Waals surface area contributed by atoms with Crippen molar-refractivity contribution < 1.29 is 19.1 Å². The maximum Gasteiger partial charge on any atom is 0.309 e. The van der Waals surface area contributed by atoms with Crippen LogP contribution in [0.4, 0.5) is 0 Å². The summed E-state index contributed by atoms with van der Waals surface area (Å²) >= 11 is 0. The number of hydrogen-bond acceptors (Lipinski definition) is 5. The van der Waals surface area contributed by atoms with Crippen LogP contribution >= 0.6 is 0 Å². The van der Waals surface area contributed by atoms with E-state index in [1.807, 2.05) is 18.2 Å². The minimum atomic E-state index is -0.507. The average Bonchev–Trinajstić information content (AvgIpc) is 2.53. The fourth-order valence-corrected chi connectivity index (χ4v) is 2.50. The minimum Gasteiger partial charge on any atom is -0.469 e. The molecular weight excluding hydrogens is 258 g/mol. The molecule has 1 aromatic heterocycles. The Bertz CT molecular complexity index is 524. The molecule has 2 rings (SSSR count). The zero-order valence-electron chi connectivity index (χ0n) is 11.5. The predicted molar refractivity (Wildman–Crippen MR) is 72.5 cm³/mol. The van der Waals surface area contributed by atoms with Gasteiger partial charge in [0.15, 0.2) is 0 Å². The van der Waals surface area contributed by atoms with Crippen LogP contribution in [0.25, 0.3) is 5.57 Å². The molecule has 1 aliphatic carbocycles. The van der Waals surface area contributed by atoms with Crippen molar-refractivity contribution in [3.05, 3.63) is 36.2 Å². The largest absolute Gasteiger partial charge is 0.469 e. The van der Waals surface area contributed by atoms with Crippen molar-refractivity contribution in [1.82, 2.24) is 4.98 Å². The highest BCUT2D eigenvalue weighted by Gasteiger charge is 2.37. The molecule has 5 nitrogen and oxygen atoms in total. The van der Waals surface area contributed by atoms with Crippen molar-refractivity contribution in [2.24, 2.45) is 11.8 Å². The van der Waals surface area contributed by atoms with Gasteiger partial charge < -0.3 is 9.47 Å². The first kappa shape index (κ1) is 14.2. The zero-order valence-corrected chi connectivity index (χ0v) is 11.5. The summed E-state index contributed by atoms with van der Waals surface area (Å²) < 4.78 is 9.58. The van der Waals surface area contributed by atoms with Gasteiger partial charge in [0.1, 0.15) is 0 Å². The van der Waals surface area contributed by atoms with Gasteiger partial charge in [-0.05, 0) is 30.0 Å². The van der Waals surface area contributed by atoms with E-state index in [4.69, 9.17) is 9.47 Å². The molecule has 0 radical (unpaired) electrons. The SMILES string of the molecule is COC(=O)C1CC=C(c2cccnc2)CC1C(=O)OC.